The number of hydrogen-bond donors (Lipinski definition) is 1. The van der Waals surface area contributed by atoms with Crippen LogP contribution in [0.5, 0.6) is 0 Å². The molecule has 0 bridgehead atoms. The fourth-order valence-electron chi connectivity index (χ4n) is 7.87. The summed E-state index contributed by atoms with van der Waals surface area (Å²) in [5.74, 6) is 0.166. The first kappa shape index (κ1) is 31.5. The lowest BCUT2D eigenvalue weighted by molar-refractivity contribution is -0.117. The molecule has 3 unspecified atom stereocenters. The van der Waals surface area contributed by atoms with E-state index in [2.05, 4.69) is 48.1 Å². The molecule has 1 aromatic carbocycles. The molecule has 8 heteroatoms. The third kappa shape index (κ3) is 5.93. The molecule has 1 fully saturated rings. The van der Waals surface area contributed by atoms with E-state index in [1.165, 1.54) is 0 Å². The number of allylic oxidation sites excluding steroid dienone is 6. The smallest absolute Gasteiger partial charge is 0.181 e. The van der Waals surface area contributed by atoms with Crippen molar-refractivity contribution in [2.75, 3.05) is 0 Å². The lowest BCUT2D eigenvalue weighted by atomic mass is 9.71. The Morgan fingerprint density at radius 3 is 2.65 bits per heavy atom. The summed E-state index contributed by atoms with van der Waals surface area (Å²) in [6, 6.07) is 9.81. The molecule has 8 nitrogen and oxygen atoms in total. The Balaban J connectivity index is 1.14. The summed E-state index contributed by atoms with van der Waals surface area (Å²) in [6.07, 6.45) is 14.3. The fourth-order valence-corrected chi connectivity index (χ4v) is 7.87. The van der Waals surface area contributed by atoms with Crippen molar-refractivity contribution in [2.45, 2.75) is 78.6 Å². The molecule has 4 atom stereocenters. The van der Waals surface area contributed by atoms with E-state index >= 15 is 0 Å². The Bertz CT molecular complexity index is 1830. The SMILES string of the molecule is CC1=C(C=O)CC=CC2[C@@H](CC(=O)c3cc(C(=O)CCc4cccc(CCC5=C(N)C(=O)C(C)C5)c4)nc4cncn34)CCC12C. The zero-order valence-electron chi connectivity index (χ0n) is 26.9. The predicted molar refractivity (Wildman–Crippen MR) is 176 cm³/mol. The van der Waals surface area contributed by atoms with Crippen LogP contribution in [-0.2, 0) is 22.4 Å². The number of imidazole rings is 1. The van der Waals surface area contributed by atoms with Crippen LogP contribution >= 0.6 is 0 Å². The molecule has 2 heterocycles. The molecule has 238 valence electrons. The largest absolute Gasteiger partial charge is 0.396 e. The van der Waals surface area contributed by atoms with Gasteiger partial charge in [0.25, 0.3) is 0 Å². The van der Waals surface area contributed by atoms with Crippen LogP contribution in [0.2, 0.25) is 0 Å². The van der Waals surface area contributed by atoms with Crippen molar-refractivity contribution in [1.29, 1.82) is 0 Å². The number of Topliss-reactive ketones (excluding diaryl/α,β-unsaturated/α-hetero) is 3. The normalized spacial score (nSPS) is 24.5. The van der Waals surface area contributed by atoms with Crippen LogP contribution in [0.1, 0.15) is 97.8 Å². The number of carbonyl (C=O) groups excluding carboxylic acids is 4. The lowest BCUT2D eigenvalue weighted by Crippen LogP contribution is -2.26. The number of nitrogens with two attached hydrogens (primary N) is 1. The van der Waals surface area contributed by atoms with Crippen molar-refractivity contribution < 1.29 is 19.2 Å². The van der Waals surface area contributed by atoms with Crippen LogP contribution in [0.15, 0.2) is 77.4 Å². The maximum absolute atomic E-state index is 13.9. The summed E-state index contributed by atoms with van der Waals surface area (Å²) in [4.78, 5) is 59.9. The number of benzene rings is 1. The second-order valence-electron chi connectivity index (χ2n) is 13.6. The van der Waals surface area contributed by atoms with Gasteiger partial charge in [0, 0.05) is 18.8 Å². The van der Waals surface area contributed by atoms with E-state index < -0.39 is 0 Å². The topological polar surface area (TPSA) is 124 Å². The maximum Gasteiger partial charge on any atom is 0.181 e. The lowest BCUT2D eigenvalue weighted by Gasteiger charge is -2.33. The van der Waals surface area contributed by atoms with Crippen LogP contribution in [0.4, 0.5) is 0 Å². The van der Waals surface area contributed by atoms with E-state index in [1.54, 1.807) is 23.0 Å². The van der Waals surface area contributed by atoms with Gasteiger partial charge in [-0.25, -0.2) is 9.97 Å². The Kier molecular flexibility index (Phi) is 8.73. The van der Waals surface area contributed by atoms with Crippen molar-refractivity contribution in [3.05, 3.63) is 99.9 Å². The summed E-state index contributed by atoms with van der Waals surface area (Å²) >= 11 is 0. The first-order valence-corrected chi connectivity index (χ1v) is 16.4. The molecule has 6 rings (SSSR count). The Morgan fingerprint density at radius 2 is 1.91 bits per heavy atom. The van der Waals surface area contributed by atoms with Gasteiger partial charge in [0.1, 0.15) is 18.3 Å². The van der Waals surface area contributed by atoms with E-state index in [9.17, 15) is 19.2 Å². The zero-order valence-corrected chi connectivity index (χ0v) is 26.9. The molecule has 2 aromatic heterocycles. The number of aromatic nitrogens is 3. The predicted octanol–water partition coefficient (Wildman–Crippen LogP) is 6.38. The minimum atomic E-state index is -0.145. The van der Waals surface area contributed by atoms with Gasteiger partial charge in [-0.3, -0.25) is 23.6 Å². The van der Waals surface area contributed by atoms with Gasteiger partial charge < -0.3 is 5.73 Å². The van der Waals surface area contributed by atoms with E-state index in [0.29, 0.717) is 36.3 Å². The van der Waals surface area contributed by atoms with Crippen LogP contribution in [0, 0.1) is 23.2 Å². The average molecular weight is 619 g/mol. The van der Waals surface area contributed by atoms with Gasteiger partial charge in [0.05, 0.1) is 17.6 Å². The number of carbonyl (C=O) groups is 4. The quantitative estimate of drug-likeness (QED) is 0.150. The van der Waals surface area contributed by atoms with Gasteiger partial charge in [0.15, 0.2) is 23.0 Å². The van der Waals surface area contributed by atoms with Gasteiger partial charge in [-0.05, 0) is 97.5 Å². The molecule has 0 spiro atoms. The third-order valence-electron chi connectivity index (χ3n) is 10.8. The number of rotatable bonds is 11. The molecule has 3 aromatic rings. The van der Waals surface area contributed by atoms with Crippen molar-refractivity contribution in [3.8, 4) is 0 Å². The van der Waals surface area contributed by atoms with Crippen LogP contribution in [0.3, 0.4) is 0 Å². The molecule has 2 N–H and O–H groups in total. The third-order valence-corrected chi connectivity index (χ3v) is 10.8. The Morgan fingerprint density at radius 1 is 1.13 bits per heavy atom. The molecule has 0 amide bonds. The molecular weight excluding hydrogens is 576 g/mol. The van der Waals surface area contributed by atoms with E-state index in [0.717, 1.165) is 66.2 Å². The highest BCUT2D eigenvalue weighted by Gasteiger charge is 2.46. The van der Waals surface area contributed by atoms with Gasteiger partial charge >= 0.3 is 0 Å². The van der Waals surface area contributed by atoms with Gasteiger partial charge in [-0.2, -0.15) is 0 Å². The highest BCUT2D eigenvalue weighted by Crippen LogP contribution is 2.55. The minimum absolute atomic E-state index is 0.0323. The van der Waals surface area contributed by atoms with Crippen LogP contribution in [0.25, 0.3) is 5.65 Å². The Labute approximate surface area is 269 Å². The van der Waals surface area contributed by atoms with Gasteiger partial charge in [-0.15, -0.1) is 0 Å². The molecule has 0 saturated heterocycles. The van der Waals surface area contributed by atoms with E-state index in [4.69, 9.17) is 5.73 Å². The van der Waals surface area contributed by atoms with Crippen LogP contribution in [-0.4, -0.2) is 38.0 Å². The van der Waals surface area contributed by atoms with Gasteiger partial charge in [-0.1, -0.05) is 55.8 Å². The second kappa shape index (κ2) is 12.7. The average Bonchev–Trinajstić information content (AvgIpc) is 3.70. The molecule has 1 saturated carbocycles. The standard InChI is InChI=1S/C38H42N4O4/c1-23-16-28(36(39)37(23)46)12-10-25-6-4-7-26(17-25)11-13-33(44)31-19-32(42-22-40-20-35(42)41-31)34(45)18-27-14-15-38(3)24(2)29(21-43)8-5-9-30(27)38/h4-7,9,17,19-23,27,30H,8,10-16,18,39H2,1-3H3/t23?,27-,30?,38?/m1/s1. The molecule has 46 heavy (non-hydrogen) atoms. The highest BCUT2D eigenvalue weighted by atomic mass is 16.1. The number of fused-ring (bicyclic) bond motifs is 2. The number of hydrogen-bond acceptors (Lipinski definition) is 7. The second-order valence-corrected chi connectivity index (χ2v) is 13.6. The summed E-state index contributed by atoms with van der Waals surface area (Å²) in [5, 5.41) is 0. The molecule has 0 radical (unpaired) electrons. The molecular formula is C38H42N4O4. The van der Waals surface area contributed by atoms with E-state index in [1.807, 2.05) is 19.1 Å². The highest BCUT2D eigenvalue weighted by molar-refractivity contribution is 6.00. The maximum atomic E-state index is 13.9. The minimum Gasteiger partial charge on any atom is -0.396 e. The zero-order chi connectivity index (χ0) is 32.6. The fraction of sp³-hybridized carbons (Fsp3) is 0.421. The van der Waals surface area contributed by atoms with Crippen molar-refractivity contribution in [2.24, 2.45) is 28.9 Å². The molecule has 3 aliphatic rings. The van der Waals surface area contributed by atoms with Crippen LogP contribution < -0.4 is 5.73 Å². The van der Waals surface area contributed by atoms with Crippen molar-refractivity contribution in [1.82, 2.24) is 14.4 Å². The Hall–Kier alpha value is -4.46. The first-order chi connectivity index (χ1) is 22.1. The molecule has 0 aliphatic heterocycles. The van der Waals surface area contributed by atoms with E-state index in [-0.39, 0.29) is 52.6 Å². The number of ketones is 3. The summed E-state index contributed by atoms with van der Waals surface area (Å²) in [7, 11) is 0. The number of aldehydes is 1. The first-order valence-electron chi connectivity index (χ1n) is 16.4. The number of nitrogens with zero attached hydrogens (tertiary/aromatic N) is 3. The summed E-state index contributed by atoms with van der Waals surface area (Å²) < 4.78 is 1.68. The summed E-state index contributed by atoms with van der Waals surface area (Å²) in [6.45, 7) is 6.20. The molecule has 3 aliphatic carbocycles. The van der Waals surface area contributed by atoms with Crippen molar-refractivity contribution in [3.63, 3.8) is 0 Å². The van der Waals surface area contributed by atoms with Crippen molar-refractivity contribution >= 4 is 29.3 Å². The summed E-state index contributed by atoms with van der Waals surface area (Å²) in [5.41, 5.74) is 12.7. The number of aryl methyl sites for hydroxylation is 2. The monoisotopic (exact) mass is 618 g/mol. The van der Waals surface area contributed by atoms with Gasteiger partial charge in [0.2, 0.25) is 0 Å².